The van der Waals surface area contributed by atoms with E-state index in [2.05, 4.69) is 13.8 Å². The Bertz CT molecular complexity index is 595. The molecular formula is C19H24O2. The number of Topliss-reactive ketones (excluding diaryl/α,β-unsaturated/α-hetero) is 1. The van der Waals surface area contributed by atoms with Gasteiger partial charge in [0.2, 0.25) is 0 Å². The lowest BCUT2D eigenvalue weighted by Gasteiger charge is -2.47. The molecule has 4 aliphatic rings. The van der Waals surface area contributed by atoms with E-state index >= 15 is 0 Å². The summed E-state index contributed by atoms with van der Waals surface area (Å²) in [5.74, 6) is 2.45. The highest BCUT2D eigenvalue weighted by Gasteiger charge is 2.53. The van der Waals surface area contributed by atoms with Crippen molar-refractivity contribution >= 4 is 11.6 Å². The van der Waals surface area contributed by atoms with Crippen molar-refractivity contribution < 1.29 is 9.59 Å². The number of hydrogen-bond donors (Lipinski definition) is 0. The molecule has 0 amide bonds. The molecular weight excluding hydrogens is 260 g/mol. The minimum absolute atomic E-state index is 0.0554. The fourth-order valence-electron chi connectivity index (χ4n) is 5.59. The minimum atomic E-state index is -0.0554. The molecule has 0 spiro atoms. The van der Waals surface area contributed by atoms with Crippen LogP contribution < -0.4 is 0 Å². The number of fused-ring (bicyclic) bond motifs is 4. The molecule has 0 aromatic rings. The molecule has 0 radical (unpaired) electrons. The largest absolute Gasteiger partial charge is 0.299 e. The van der Waals surface area contributed by atoms with E-state index in [4.69, 9.17) is 0 Å². The molecule has 112 valence electrons. The van der Waals surface area contributed by atoms with E-state index in [1.165, 1.54) is 11.1 Å². The average Bonchev–Trinajstić information content (AvgIpc) is 2.76. The second kappa shape index (κ2) is 4.41. The Morgan fingerprint density at radius 3 is 2.76 bits per heavy atom. The van der Waals surface area contributed by atoms with Crippen molar-refractivity contribution in [2.45, 2.75) is 58.8 Å². The summed E-state index contributed by atoms with van der Waals surface area (Å²) in [6.07, 6.45) is 8.67. The Kier molecular flexibility index (Phi) is 2.83. The number of carbonyl (C=O) groups excluding carboxylic acids is 2. The first-order chi connectivity index (χ1) is 10.0. The van der Waals surface area contributed by atoms with Crippen molar-refractivity contribution in [3.8, 4) is 0 Å². The van der Waals surface area contributed by atoms with Crippen molar-refractivity contribution in [3.63, 3.8) is 0 Å². The maximum Gasteiger partial charge on any atom is 0.156 e. The van der Waals surface area contributed by atoms with E-state index in [-0.39, 0.29) is 5.41 Å². The van der Waals surface area contributed by atoms with E-state index < -0.39 is 0 Å². The van der Waals surface area contributed by atoms with Gasteiger partial charge >= 0.3 is 0 Å². The molecule has 2 nitrogen and oxygen atoms in total. The highest BCUT2D eigenvalue weighted by atomic mass is 16.1. The molecule has 0 N–H and O–H groups in total. The Balaban J connectivity index is 1.79. The maximum atomic E-state index is 12.3. The van der Waals surface area contributed by atoms with Crippen LogP contribution in [0.15, 0.2) is 22.8 Å². The van der Waals surface area contributed by atoms with Crippen LogP contribution in [0.2, 0.25) is 0 Å². The molecule has 21 heavy (non-hydrogen) atoms. The van der Waals surface area contributed by atoms with Crippen LogP contribution in [-0.2, 0) is 9.59 Å². The minimum Gasteiger partial charge on any atom is -0.299 e. The highest BCUT2D eigenvalue weighted by molar-refractivity contribution is 5.93. The predicted molar refractivity (Wildman–Crippen MR) is 81.7 cm³/mol. The van der Waals surface area contributed by atoms with E-state index in [1.807, 2.05) is 6.08 Å². The first-order valence-electron chi connectivity index (χ1n) is 8.50. The van der Waals surface area contributed by atoms with Crippen molar-refractivity contribution in [3.05, 3.63) is 22.8 Å². The molecule has 0 heterocycles. The van der Waals surface area contributed by atoms with Gasteiger partial charge in [-0.25, -0.2) is 0 Å². The molecule has 4 rings (SSSR count). The zero-order chi connectivity index (χ0) is 14.8. The molecule has 0 aliphatic heterocycles. The lowest BCUT2D eigenvalue weighted by atomic mass is 9.56. The highest BCUT2D eigenvalue weighted by Crippen LogP contribution is 2.59. The monoisotopic (exact) mass is 284 g/mol. The molecule has 0 aromatic heterocycles. The average molecular weight is 284 g/mol. The number of carbonyl (C=O) groups is 2. The van der Waals surface area contributed by atoms with Crippen molar-refractivity contribution in [2.24, 2.45) is 23.2 Å². The third-order valence-electron chi connectivity index (χ3n) is 6.80. The Morgan fingerprint density at radius 2 is 1.95 bits per heavy atom. The Hall–Kier alpha value is -1.18. The number of ketones is 2. The van der Waals surface area contributed by atoms with Gasteiger partial charge in [-0.05, 0) is 67.1 Å². The third kappa shape index (κ3) is 1.77. The predicted octanol–water partition coefficient (Wildman–Crippen LogP) is 4.01. The van der Waals surface area contributed by atoms with Gasteiger partial charge in [0.25, 0.3) is 0 Å². The van der Waals surface area contributed by atoms with Gasteiger partial charge in [-0.1, -0.05) is 19.4 Å². The topological polar surface area (TPSA) is 34.1 Å². The fraction of sp³-hybridized carbons (Fsp3) is 0.684. The first-order valence-corrected chi connectivity index (χ1v) is 8.50. The van der Waals surface area contributed by atoms with Gasteiger partial charge in [-0.15, -0.1) is 0 Å². The standard InChI is InChI=1S/C19H24O2/c1-11-9-16-14(13-4-3-12(20)10-15(11)13)7-8-19(2)17(16)5-6-18(19)21/h10-11,16-17H,3-9H2,1-2H3/t11-,16+,17-,19-/m0/s1. The van der Waals surface area contributed by atoms with Crippen LogP contribution in [0.4, 0.5) is 0 Å². The van der Waals surface area contributed by atoms with Crippen LogP contribution in [-0.4, -0.2) is 11.6 Å². The number of allylic oxidation sites excluding steroid dienone is 4. The molecule has 0 bridgehead atoms. The van der Waals surface area contributed by atoms with E-state index in [1.54, 1.807) is 5.57 Å². The molecule has 0 aromatic carbocycles. The zero-order valence-corrected chi connectivity index (χ0v) is 13.1. The van der Waals surface area contributed by atoms with Gasteiger partial charge in [-0.3, -0.25) is 9.59 Å². The summed E-state index contributed by atoms with van der Waals surface area (Å²) < 4.78 is 0. The lowest BCUT2D eigenvalue weighted by molar-refractivity contribution is -0.128. The van der Waals surface area contributed by atoms with E-state index in [0.29, 0.717) is 35.7 Å². The van der Waals surface area contributed by atoms with Crippen molar-refractivity contribution in [1.29, 1.82) is 0 Å². The van der Waals surface area contributed by atoms with E-state index in [0.717, 1.165) is 38.5 Å². The van der Waals surface area contributed by atoms with Gasteiger partial charge in [0, 0.05) is 18.3 Å². The number of rotatable bonds is 0. The zero-order valence-electron chi connectivity index (χ0n) is 13.1. The van der Waals surface area contributed by atoms with Gasteiger partial charge < -0.3 is 0 Å². The molecule has 4 aliphatic carbocycles. The van der Waals surface area contributed by atoms with Crippen LogP contribution in [0.5, 0.6) is 0 Å². The molecule has 4 atom stereocenters. The van der Waals surface area contributed by atoms with Gasteiger partial charge in [0.05, 0.1) is 0 Å². The summed E-state index contributed by atoms with van der Waals surface area (Å²) in [5.41, 5.74) is 4.38. The quantitative estimate of drug-likeness (QED) is 0.673. The first kappa shape index (κ1) is 13.5. The second-order valence-corrected chi connectivity index (χ2v) is 7.80. The SMILES string of the molecule is C[C@H]1C[C@@H]2C(=C3CCC(=O)C=C31)CC[C@]1(C)C(=O)CC[C@@H]21. The van der Waals surface area contributed by atoms with Crippen LogP contribution in [0.1, 0.15) is 58.8 Å². The van der Waals surface area contributed by atoms with Crippen molar-refractivity contribution in [1.82, 2.24) is 0 Å². The summed E-state index contributed by atoms with van der Waals surface area (Å²) >= 11 is 0. The van der Waals surface area contributed by atoms with E-state index in [9.17, 15) is 9.59 Å². The van der Waals surface area contributed by atoms with Gasteiger partial charge in [0.1, 0.15) is 5.78 Å². The van der Waals surface area contributed by atoms with Crippen LogP contribution >= 0.6 is 0 Å². The summed E-state index contributed by atoms with van der Waals surface area (Å²) in [5, 5.41) is 0. The van der Waals surface area contributed by atoms with Crippen molar-refractivity contribution in [2.75, 3.05) is 0 Å². The number of hydrogen-bond acceptors (Lipinski definition) is 2. The summed E-state index contributed by atoms with van der Waals surface area (Å²) in [4.78, 5) is 24.1. The Labute approximate surface area is 126 Å². The summed E-state index contributed by atoms with van der Waals surface area (Å²) in [6.45, 7) is 4.48. The molecule has 2 fully saturated rings. The molecule has 0 unspecified atom stereocenters. The molecule has 2 saturated carbocycles. The molecule has 0 saturated heterocycles. The summed E-state index contributed by atoms with van der Waals surface area (Å²) in [7, 11) is 0. The smallest absolute Gasteiger partial charge is 0.156 e. The fourth-order valence-corrected chi connectivity index (χ4v) is 5.59. The van der Waals surface area contributed by atoms with Crippen LogP contribution in [0.3, 0.4) is 0 Å². The second-order valence-electron chi connectivity index (χ2n) is 7.80. The van der Waals surface area contributed by atoms with Gasteiger partial charge in [-0.2, -0.15) is 0 Å². The third-order valence-corrected chi connectivity index (χ3v) is 6.80. The van der Waals surface area contributed by atoms with Crippen LogP contribution in [0, 0.1) is 23.2 Å². The molecule has 2 heteroatoms. The Morgan fingerprint density at radius 1 is 1.14 bits per heavy atom. The maximum absolute atomic E-state index is 12.3. The van der Waals surface area contributed by atoms with Gasteiger partial charge in [0.15, 0.2) is 5.78 Å². The summed E-state index contributed by atoms with van der Waals surface area (Å²) in [6, 6.07) is 0. The van der Waals surface area contributed by atoms with Crippen LogP contribution in [0.25, 0.3) is 0 Å². The normalized spacial score (nSPS) is 42.4. The lowest BCUT2D eigenvalue weighted by Crippen LogP contribution is -2.41.